The predicted octanol–water partition coefficient (Wildman–Crippen LogP) is 2.91. The summed E-state index contributed by atoms with van der Waals surface area (Å²) in [5, 5.41) is 4.61. The number of hydrogen-bond acceptors (Lipinski definition) is 2. The van der Waals surface area contributed by atoms with Crippen LogP contribution in [0, 0.1) is 0 Å². The fourth-order valence-corrected chi connectivity index (χ4v) is 2.35. The molecule has 92 valence electrons. The lowest BCUT2D eigenvalue weighted by atomic mass is 10.2. The van der Waals surface area contributed by atoms with E-state index in [1.807, 2.05) is 12.1 Å². The summed E-state index contributed by atoms with van der Waals surface area (Å²) in [5.74, 6) is 0. The molecule has 2 rings (SSSR count). The molecule has 0 aliphatic carbocycles. The standard InChI is InChI=1S/C14H21N3/c1-4-16-9-12-8-11-6-5-7-13(15)14(11)17(12)10(2)3/h5-8,10,16H,4,9,15H2,1-3H3. The van der Waals surface area contributed by atoms with Crippen molar-refractivity contribution in [3.63, 3.8) is 0 Å². The molecule has 0 spiro atoms. The topological polar surface area (TPSA) is 43.0 Å². The van der Waals surface area contributed by atoms with Crippen LogP contribution in [0.15, 0.2) is 24.3 Å². The Kier molecular flexibility index (Phi) is 3.38. The van der Waals surface area contributed by atoms with E-state index in [9.17, 15) is 0 Å². The average Bonchev–Trinajstić information content (AvgIpc) is 2.66. The first-order valence-corrected chi connectivity index (χ1v) is 6.24. The van der Waals surface area contributed by atoms with Crippen molar-refractivity contribution < 1.29 is 0 Å². The van der Waals surface area contributed by atoms with Crippen molar-refractivity contribution >= 4 is 16.6 Å². The quantitative estimate of drug-likeness (QED) is 0.795. The van der Waals surface area contributed by atoms with E-state index in [0.29, 0.717) is 6.04 Å². The molecule has 0 aliphatic rings. The molecular weight excluding hydrogens is 210 g/mol. The van der Waals surface area contributed by atoms with Crippen molar-refractivity contribution in [2.45, 2.75) is 33.4 Å². The van der Waals surface area contributed by atoms with Crippen LogP contribution in [0.25, 0.3) is 10.9 Å². The van der Waals surface area contributed by atoms with Crippen LogP contribution in [0.3, 0.4) is 0 Å². The molecule has 2 aromatic rings. The van der Waals surface area contributed by atoms with Gasteiger partial charge in [-0.05, 0) is 32.5 Å². The lowest BCUT2D eigenvalue weighted by molar-refractivity contribution is 0.573. The van der Waals surface area contributed by atoms with Crippen LogP contribution in [0.5, 0.6) is 0 Å². The monoisotopic (exact) mass is 231 g/mol. The van der Waals surface area contributed by atoms with Gasteiger partial charge in [-0.25, -0.2) is 0 Å². The zero-order chi connectivity index (χ0) is 12.4. The Morgan fingerprint density at radius 3 is 2.76 bits per heavy atom. The van der Waals surface area contributed by atoms with Gasteiger partial charge in [-0.3, -0.25) is 0 Å². The molecule has 1 aromatic heterocycles. The number of fused-ring (bicyclic) bond motifs is 1. The van der Waals surface area contributed by atoms with Gasteiger partial charge in [0.2, 0.25) is 0 Å². The van der Waals surface area contributed by atoms with Crippen LogP contribution in [0.2, 0.25) is 0 Å². The van der Waals surface area contributed by atoms with Crippen molar-refractivity contribution in [3.8, 4) is 0 Å². The number of benzene rings is 1. The van der Waals surface area contributed by atoms with E-state index in [1.54, 1.807) is 0 Å². The Morgan fingerprint density at radius 2 is 2.12 bits per heavy atom. The van der Waals surface area contributed by atoms with Crippen LogP contribution in [-0.2, 0) is 6.54 Å². The van der Waals surface area contributed by atoms with E-state index in [0.717, 1.165) is 24.3 Å². The van der Waals surface area contributed by atoms with Crippen molar-refractivity contribution in [2.75, 3.05) is 12.3 Å². The maximum Gasteiger partial charge on any atom is 0.0718 e. The van der Waals surface area contributed by atoms with Crippen molar-refractivity contribution in [2.24, 2.45) is 0 Å². The first-order chi connectivity index (χ1) is 8.15. The highest BCUT2D eigenvalue weighted by Crippen LogP contribution is 2.28. The minimum Gasteiger partial charge on any atom is -0.397 e. The first kappa shape index (κ1) is 12.0. The van der Waals surface area contributed by atoms with Gasteiger partial charge in [0.1, 0.15) is 0 Å². The molecule has 0 amide bonds. The molecule has 3 nitrogen and oxygen atoms in total. The Morgan fingerprint density at radius 1 is 1.35 bits per heavy atom. The molecule has 1 heterocycles. The lowest BCUT2D eigenvalue weighted by Gasteiger charge is -2.15. The molecule has 3 heteroatoms. The maximum atomic E-state index is 6.10. The van der Waals surface area contributed by atoms with Crippen LogP contribution in [0.4, 0.5) is 5.69 Å². The zero-order valence-corrected chi connectivity index (χ0v) is 10.8. The van der Waals surface area contributed by atoms with E-state index in [4.69, 9.17) is 5.73 Å². The van der Waals surface area contributed by atoms with Crippen molar-refractivity contribution in [1.29, 1.82) is 0 Å². The van der Waals surface area contributed by atoms with Gasteiger partial charge in [-0.1, -0.05) is 19.1 Å². The molecule has 17 heavy (non-hydrogen) atoms. The minimum absolute atomic E-state index is 0.422. The maximum absolute atomic E-state index is 6.10. The minimum atomic E-state index is 0.422. The predicted molar refractivity (Wildman–Crippen MR) is 74.1 cm³/mol. The van der Waals surface area contributed by atoms with Gasteiger partial charge in [0.05, 0.1) is 11.2 Å². The van der Waals surface area contributed by atoms with Crippen LogP contribution < -0.4 is 11.1 Å². The van der Waals surface area contributed by atoms with E-state index in [2.05, 4.69) is 42.8 Å². The van der Waals surface area contributed by atoms with Gasteiger partial charge in [0.15, 0.2) is 0 Å². The van der Waals surface area contributed by atoms with E-state index in [-0.39, 0.29) is 0 Å². The Labute approximate surface area is 103 Å². The summed E-state index contributed by atoms with van der Waals surface area (Å²) in [6, 6.07) is 8.76. The number of anilines is 1. The third-order valence-corrected chi connectivity index (χ3v) is 3.04. The number of para-hydroxylation sites is 1. The van der Waals surface area contributed by atoms with Crippen molar-refractivity contribution in [1.82, 2.24) is 9.88 Å². The summed E-state index contributed by atoms with van der Waals surface area (Å²) in [7, 11) is 0. The van der Waals surface area contributed by atoms with Gasteiger partial charge < -0.3 is 15.6 Å². The largest absolute Gasteiger partial charge is 0.397 e. The normalized spacial score (nSPS) is 11.5. The number of nitrogens with two attached hydrogens (primary N) is 1. The molecule has 0 bridgehead atoms. The first-order valence-electron chi connectivity index (χ1n) is 6.24. The van der Waals surface area contributed by atoms with Gasteiger partial charge in [0, 0.05) is 23.7 Å². The highest BCUT2D eigenvalue weighted by atomic mass is 15.0. The summed E-state index contributed by atoms with van der Waals surface area (Å²) in [6.07, 6.45) is 0. The SMILES string of the molecule is CCNCc1cc2cccc(N)c2n1C(C)C. The van der Waals surface area contributed by atoms with E-state index < -0.39 is 0 Å². The number of nitrogens with one attached hydrogen (secondary N) is 1. The fourth-order valence-electron chi connectivity index (χ4n) is 2.35. The summed E-state index contributed by atoms with van der Waals surface area (Å²) in [6.45, 7) is 8.39. The molecule has 0 fully saturated rings. The summed E-state index contributed by atoms with van der Waals surface area (Å²) >= 11 is 0. The molecule has 0 aliphatic heterocycles. The second-order valence-corrected chi connectivity index (χ2v) is 4.66. The van der Waals surface area contributed by atoms with Gasteiger partial charge in [-0.15, -0.1) is 0 Å². The molecule has 1 aromatic carbocycles. The fraction of sp³-hybridized carbons (Fsp3) is 0.429. The molecule has 0 saturated heterocycles. The van der Waals surface area contributed by atoms with Crippen LogP contribution >= 0.6 is 0 Å². The van der Waals surface area contributed by atoms with Crippen molar-refractivity contribution in [3.05, 3.63) is 30.0 Å². The second kappa shape index (κ2) is 4.80. The smallest absolute Gasteiger partial charge is 0.0718 e. The molecule has 0 unspecified atom stereocenters. The van der Waals surface area contributed by atoms with Crippen LogP contribution in [0.1, 0.15) is 32.5 Å². The molecule has 0 atom stereocenters. The Bertz CT molecular complexity index is 511. The Balaban J connectivity index is 2.59. The number of hydrogen-bond donors (Lipinski definition) is 2. The highest BCUT2D eigenvalue weighted by molar-refractivity contribution is 5.91. The molecule has 0 saturated carbocycles. The van der Waals surface area contributed by atoms with E-state index in [1.165, 1.54) is 11.1 Å². The van der Waals surface area contributed by atoms with Gasteiger partial charge in [0.25, 0.3) is 0 Å². The molecule has 3 N–H and O–H groups in total. The molecular formula is C14H21N3. The number of aromatic nitrogens is 1. The Hall–Kier alpha value is -1.48. The second-order valence-electron chi connectivity index (χ2n) is 4.66. The van der Waals surface area contributed by atoms with Crippen LogP contribution in [-0.4, -0.2) is 11.1 Å². The van der Waals surface area contributed by atoms with Gasteiger partial charge in [-0.2, -0.15) is 0 Å². The number of nitrogen functional groups attached to an aromatic ring is 1. The third kappa shape index (κ3) is 2.15. The lowest BCUT2D eigenvalue weighted by Crippen LogP contribution is -2.16. The number of nitrogens with zero attached hydrogens (tertiary/aromatic N) is 1. The third-order valence-electron chi connectivity index (χ3n) is 3.04. The zero-order valence-electron chi connectivity index (χ0n) is 10.8. The summed E-state index contributed by atoms with van der Waals surface area (Å²) in [4.78, 5) is 0. The summed E-state index contributed by atoms with van der Waals surface area (Å²) in [5.41, 5.74) is 9.42. The molecule has 0 radical (unpaired) electrons. The average molecular weight is 231 g/mol. The summed E-state index contributed by atoms with van der Waals surface area (Å²) < 4.78 is 2.33. The van der Waals surface area contributed by atoms with Gasteiger partial charge >= 0.3 is 0 Å². The number of rotatable bonds is 4. The van der Waals surface area contributed by atoms with E-state index >= 15 is 0 Å². The highest BCUT2D eigenvalue weighted by Gasteiger charge is 2.12.